The van der Waals surface area contributed by atoms with Gasteiger partial charge in [0.15, 0.2) is 0 Å². The predicted molar refractivity (Wildman–Crippen MR) is 94.3 cm³/mol. The largest absolute Gasteiger partial charge is 0.355 e. The van der Waals surface area contributed by atoms with E-state index < -0.39 is 27.7 Å². The molecule has 1 aliphatic rings. The molecule has 0 aliphatic carbocycles. The number of piperidine rings is 1. The number of anilines is 1. The zero-order valence-electron chi connectivity index (χ0n) is 14.5. The third-order valence-corrected chi connectivity index (χ3v) is 5.95. The number of hydrogen-bond acceptors (Lipinski definition) is 5. The summed E-state index contributed by atoms with van der Waals surface area (Å²) in [6.45, 7) is 2.17. The van der Waals surface area contributed by atoms with Crippen LogP contribution in [0.15, 0.2) is 23.1 Å². The van der Waals surface area contributed by atoms with Gasteiger partial charge >= 0.3 is 0 Å². The number of rotatable bonds is 6. The standard InChI is InChI=1S/C16H23FN4O4S/c1-11(22)20-15-9-13(4-5-14(15)17)26(24,25)21-8-2-3-12(10-21)16(23)19-7-6-18/h4-5,9,12H,2-3,6-8,10,18H2,1H3,(H,19,23)(H,20,22). The third-order valence-electron chi connectivity index (χ3n) is 4.08. The molecule has 2 amide bonds. The number of halogens is 1. The van der Waals surface area contributed by atoms with Crippen molar-refractivity contribution in [1.82, 2.24) is 9.62 Å². The molecule has 26 heavy (non-hydrogen) atoms. The lowest BCUT2D eigenvalue weighted by atomic mass is 9.99. The maximum absolute atomic E-state index is 13.8. The zero-order valence-corrected chi connectivity index (χ0v) is 15.3. The number of amides is 2. The van der Waals surface area contributed by atoms with Gasteiger partial charge in [0.2, 0.25) is 21.8 Å². The van der Waals surface area contributed by atoms with Crippen molar-refractivity contribution in [3.8, 4) is 0 Å². The molecule has 1 aliphatic heterocycles. The molecule has 1 unspecified atom stereocenters. The maximum atomic E-state index is 13.8. The van der Waals surface area contributed by atoms with Crippen LogP contribution in [0.3, 0.4) is 0 Å². The van der Waals surface area contributed by atoms with Crippen molar-refractivity contribution in [1.29, 1.82) is 0 Å². The number of carbonyl (C=O) groups is 2. The summed E-state index contributed by atoms with van der Waals surface area (Å²) in [4.78, 5) is 23.1. The smallest absolute Gasteiger partial charge is 0.243 e. The molecular weight excluding hydrogens is 363 g/mol. The molecule has 0 radical (unpaired) electrons. The van der Waals surface area contributed by atoms with Crippen molar-refractivity contribution >= 4 is 27.5 Å². The number of carbonyl (C=O) groups excluding carboxylic acids is 2. The first-order chi connectivity index (χ1) is 12.3. The molecule has 2 rings (SSSR count). The van der Waals surface area contributed by atoms with Gasteiger partial charge in [-0.2, -0.15) is 4.31 Å². The first-order valence-corrected chi connectivity index (χ1v) is 9.74. The van der Waals surface area contributed by atoms with Crippen LogP contribution in [0.4, 0.5) is 10.1 Å². The molecule has 1 aromatic carbocycles. The molecule has 1 fully saturated rings. The van der Waals surface area contributed by atoms with E-state index >= 15 is 0 Å². The lowest BCUT2D eigenvalue weighted by Gasteiger charge is -2.31. The molecule has 4 N–H and O–H groups in total. The van der Waals surface area contributed by atoms with Crippen LogP contribution in [0.1, 0.15) is 19.8 Å². The van der Waals surface area contributed by atoms with Crippen molar-refractivity contribution in [2.75, 3.05) is 31.5 Å². The number of nitrogens with two attached hydrogens (primary N) is 1. The Kier molecular flexibility index (Phi) is 6.68. The van der Waals surface area contributed by atoms with Crippen LogP contribution in [0.25, 0.3) is 0 Å². The summed E-state index contributed by atoms with van der Waals surface area (Å²) in [7, 11) is -3.91. The molecule has 1 saturated heterocycles. The Morgan fingerprint density at radius 1 is 1.38 bits per heavy atom. The van der Waals surface area contributed by atoms with E-state index in [1.54, 1.807) is 0 Å². The van der Waals surface area contributed by atoms with Gasteiger partial charge < -0.3 is 16.4 Å². The van der Waals surface area contributed by atoms with Crippen molar-refractivity contribution < 1.29 is 22.4 Å². The van der Waals surface area contributed by atoms with E-state index in [1.165, 1.54) is 11.2 Å². The molecule has 1 heterocycles. The molecule has 0 saturated carbocycles. The number of nitrogens with zero attached hydrogens (tertiary/aromatic N) is 1. The Bertz CT molecular complexity index is 784. The van der Waals surface area contributed by atoms with Gasteiger partial charge in [-0.05, 0) is 31.0 Å². The normalized spacial score (nSPS) is 18.3. The predicted octanol–water partition coefficient (Wildman–Crippen LogP) is 0.260. The lowest BCUT2D eigenvalue weighted by Crippen LogP contribution is -2.46. The number of hydrogen-bond donors (Lipinski definition) is 3. The van der Waals surface area contributed by atoms with Crippen molar-refractivity contribution in [3.05, 3.63) is 24.0 Å². The topological polar surface area (TPSA) is 122 Å². The summed E-state index contributed by atoms with van der Waals surface area (Å²) in [6, 6.07) is 3.23. The minimum atomic E-state index is -3.91. The Hall–Kier alpha value is -2.04. The Labute approximate surface area is 152 Å². The van der Waals surface area contributed by atoms with Gasteiger partial charge in [-0.15, -0.1) is 0 Å². The summed E-state index contributed by atoms with van der Waals surface area (Å²) in [5.74, 6) is -1.92. The molecule has 1 atom stereocenters. The van der Waals surface area contributed by atoms with Crippen LogP contribution in [0.5, 0.6) is 0 Å². The minimum Gasteiger partial charge on any atom is -0.355 e. The van der Waals surface area contributed by atoms with Crippen molar-refractivity contribution in [2.24, 2.45) is 11.7 Å². The fourth-order valence-corrected chi connectivity index (χ4v) is 4.36. The minimum absolute atomic E-state index is 0.0472. The van der Waals surface area contributed by atoms with E-state index in [-0.39, 0.29) is 29.6 Å². The summed E-state index contributed by atoms with van der Waals surface area (Å²) in [6.07, 6.45) is 1.13. The summed E-state index contributed by atoms with van der Waals surface area (Å²) in [5.41, 5.74) is 5.16. The number of nitrogens with one attached hydrogen (secondary N) is 2. The Balaban J connectivity index is 2.21. The van der Waals surface area contributed by atoms with Gasteiger partial charge in [-0.25, -0.2) is 12.8 Å². The van der Waals surface area contributed by atoms with Gasteiger partial charge in [-0.1, -0.05) is 0 Å². The Morgan fingerprint density at radius 2 is 2.12 bits per heavy atom. The fourth-order valence-electron chi connectivity index (χ4n) is 2.81. The second kappa shape index (κ2) is 8.56. The lowest BCUT2D eigenvalue weighted by molar-refractivity contribution is -0.126. The van der Waals surface area contributed by atoms with Gasteiger partial charge in [-0.3, -0.25) is 9.59 Å². The van der Waals surface area contributed by atoms with Crippen LogP contribution in [-0.2, 0) is 19.6 Å². The van der Waals surface area contributed by atoms with Gasteiger partial charge in [0.05, 0.1) is 16.5 Å². The van der Waals surface area contributed by atoms with Crippen molar-refractivity contribution in [2.45, 2.75) is 24.7 Å². The summed E-state index contributed by atoms with van der Waals surface area (Å²) in [5, 5.41) is 4.94. The molecule has 8 nitrogen and oxygen atoms in total. The second-order valence-corrected chi connectivity index (χ2v) is 8.04. The van der Waals surface area contributed by atoms with E-state index in [9.17, 15) is 22.4 Å². The molecule has 144 valence electrons. The molecule has 1 aromatic rings. The summed E-state index contributed by atoms with van der Waals surface area (Å²) < 4.78 is 40.7. The van der Waals surface area contributed by atoms with E-state index in [0.29, 0.717) is 25.9 Å². The number of sulfonamides is 1. The maximum Gasteiger partial charge on any atom is 0.243 e. The SMILES string of the molecule is CC(=O)Nc1cc(S(=O)(=O)N2CCCC(C(=O)NCCN)C2)ccc1F. The highest BCUT2D eigenvalue weighted by Gasteiger charge is 2.33. The van der Waals surface area contributed by atoms with E-state index in [1.807, 2.05) is 0 Å². The molecule has 10 heteroatoms. The van der Waals surface area contributed by atoms with Crippen LogP contribution in [0, 0.1) is 11.7 Å². The van der Waals surface area contributed by atoms with E-state index in [4.69, 9.17) is 5.73 Å². The van der Waals surface area contributed by atoms with Crippen LogP contribution >= 0.6 is 0 Å². The molecule has 0 spiro atoms. The highest BCUT2D eigenvalue weighted by molar-refractivity contribution is 7.89. The summed E-state index contributed by atoms with van der Waals surface area (Å²) >= 11 is 0. The Morgan fingerprint density at radius 3 is 2.77 bits per heavy atom. The number of benzene rings is 1. The first-order valence-electron chi connectivity index (χ1n) is 8.30. The molecule has 0 aromatic heterocycles. The van der Waals surface area contributed by atoms with E-state index in [2.05, 4.69) is 10.6 Å². The van der Waals surface area contributed by atoms with E-state index in [0.717, 1.165) is 18.2 Å². The molecular formula is C16H23FN4O4S. The van der Waals surface area contributed by atoms with Crippen molar-refractivity contribution in [3.63, 3.8) is 0 Å². The molecule has 0 bridgehead atoms. The average Bonchev–Trinajstić information content (AvgIpc) is 2.61. The second-order valence-electron chi connectivity index (χ2n) is 6.10. The zero-order chi connectivity index (χ0) is 19.3. The highest BCUT2D eigenvalue weighted by atomic mass is 32.2. The third kappa shape index (κ3) is 4.77. The first kappa shape index (κ1) is 20.3. The van der Waals surface area contributed by atoms with Gasteiger partial charge in [0, 0.05) is 33.1 Å². The monoisotopic (exact) mass is 386 g/mol. The fraction of sp³-hybridized carbons (Fsp3) is 0.500. The van der Waals surface area contributed by atoms with Crippen LogP contribution in [0.2, 0.25) is 0 Å². The van der Waals surface area contributed by atoms with Crippen LogP contribution < -0.4 is 16.4 Å². The quantitative estimate of drug-likeness (QED) is 0.647. The highest BCUT2D eigenvalue weighted by Crippen LogP contribution is 2.26. The van der Waals surface area contributed by atoms with Crippen LogP contribution in [-0.4, -0.2) is 50.7 Å². The van der Waals surface area contributed by atoms with Gasteiger partial charge in [0.25, 0.3) is 0 Å². The average molecular weight is 386 g/mol. The van der Waals surface area contributed by atoms with Gasteiger partial charge in [0.1, 0.15) is 5.82 Å².